The van der Waals surface area contributed by atoms with E-state index in [4.69, 9.17) is 4.74 Å². The Kier molecular flexibility index (Phi) is 16.4. The van der Waals surface area contributed by atoms with Gasteiger partial charge in [0.2, 0.25) is 0 Å². The Morgan fingerprint density at radius 2 is 1.91 bits per heavy atom. The van der Waals surface area contributed by atoms with Crippen molar-refractivity contribution in [3.63, 3.8) is 0 Å². The molecule has 53 heavy (non-hydrogen) atoms. The SMILES string of the molecule is C=C(/C=C/C=C(/COCCO)[C@@H]1CC[C@]2([C@@H]1O)[C@@H](CCCO)/C(=C(/C)C=O)CC[C@]2(O)CCNC)[C@H]1C/C=C(\C)[C@@H](O)N[C@@H](C)Cc2cccc(c2)C1. The Labute approximate surface area is 317 Å². The molecule has 0 saturated heterocycles. The van der Waals surface area contributed by atoms with E-state index in [0.29, 0.717) is 63.5 Å². The van der Waals surface area contributed by atoms with Crippen molar-refractivity contribution in [1.29, 1.82) is 0 Å². The molecule has 4 rings (SSSR count). The van der Waals surface area contributed by atoms with E-state index in [9.17, 15) is 30.3 Å². The van der Waals surface area contributed by atoms with Crippen LogP contribution in [-0.4, -0.2) is 95.8 Å². The van der Waals surface area contributed by atoms with Crippen molar-refractivity contribution in [3.8, 4) is 0 Å². The molecular formula is C44H66N2O7. The molecule has 0 radical (unpaired) electrons. The van der Waals surface area contributed by atoms with Crippen LogP contribution in [0.1, 0.15) is 83.3 Å². The number of rotatable bonds is 15. The second-order valence-corrected chi connectivity index (χ2v) is 15.8. The first-order valence-electron chi connectivity index (χ1n) is 19.7. The Balaban J connectivity index is 1.69. The number of hydrogen-bond acceptors (Lipinski definition) is 9. The van der Waals surface area contributed by atoms with Crippen LogP contribution in [0.4, 0.5) is 0 Å². The molecule has 294 valence electrons. The summed E-state index contributed by atoms with van der Waals surface area (Å²) in [5.41, 5.74) is 4.67. The van der Waals surface area contributed by atoms with E-state index in [0.717, 1.165) is 41.4 Å². The molecule has 2 fully saturated rings. The van der Waals surface area contributed by atoms with Crippen LogP contribution in [0.3, 0.4) is 0 Å². The van der Waals surface area contributed by atoms with Gasteiger partial charge < -0.3 is 35.6 Å². The van der Waals surface area contributed by atoms with Crippen molar-refractivity contribution in [3.05, 3.63) is 94.1 Å². The molecule has 1 aromatic rings. The predicted octanol–water partition coefficient (Wildman–Crippen LogP) is 4.88. The van der Waals surface area contributed by atoms with Crippen molar-refractivity contribution >= 4 is 6.29 Å². The van der Waals surface area contributed by atoms with Gasteiger partial charge in [-0.2, -0.15) is 0 Å². The zero-order valence-corrected chi connectivity index (χ0v) is 32.5. The number of aliphatic hydroxyl groups excluding tert-OH is 4. The number of aliphatic hydroxyl groups is 5. The minimum Gasteiger partial charge on any atom is -0.396 e. The van der Waals surface area contributed by atoms with E-state index in [2.05, 4.69) is 54.5 Å². The van der Waals surface area contributed by atoms with Crippen molar-refractivity contribution < 1.29 is 35.1 Å². The molecule has 1 spiro atoms. The standard InChI is InChI=1S/C44H66N2O7/c1-30(36-15-14-31(2)42(51)46-33(4)25-34-10-7-11-35(26-34)27-36)9-6-12-37(29-53-24-23-48)39-17-19-44(41(39)50)40(13-8-22-47)38(32(3)28-49)16-18-43(44,52)20-21-45-5/h6-7,9-12,14,26,28,33,36,39-42,45-48,50-52H,1,8,13,15-25,27,29H2,2-5H3/b9-6+,31-14+,37-12-,38-32-/t33-,36-,39-,40-,41+,42+,43-,44+/m0/s1. The molecule has 8 atom stereocenters. The van der Waals surface area contributed by atoms with Gasteiger partial charge in [0.05, 0.1) is 31.5 Å². The van der Waals surface area contributed by atoms with Crippen molar-refractivity contribution in [2.45, 2.75) is 109 Å². The summed E-state index contributed by atoms with van der Waals surface area (Å²) in [4.78, 5) is 12.1. The first-order valence-corrected chi connectivity index (χ1v) is 19.7. The van der Waals surface area contributed by atoms with Gasteiger partial charge in [-0.05, 0) is 138 Å². The fourth-order valence-electron chi connectivity index (χ4n) is 9.44. The fourth-order valence-corrected chi connectivity index (χ4v) is 9.44. The number of carbonyl (C=O) groups is 1. The monoisotopic (exact) mass is 734 g/mol. The summed E-state index contributed by atoms with van der Waals surface area (Å²) in [5.74, 6) is -0.504. The average molecular weight is 735 g/mol. The first kappa shape index (κ1) is 43.0. The van der Waals surface area contributed by atoms with Crippen molar-refractivity contribution in [2.75, 3.05) is 40.0 Å². The highest BCUT2D eigenvalue weighted by Gasteiger charge is 2.65. The van der Waals surface area contributed by atoms with Gasteiger partial charge in [0.25, 0.3) is 0 Å². The molecule has 0 unspecified atom stereocenters. The molecule has 1 aliphatic heterocycles. The molecule has 9 nitrogen and oxygen atoms in total. The number of nitrogens with one attached hydrogen (secondary N) is 2. The summed E-state index contributed by atoms with van der Waals surface area (Å²) < 4.78 is 5.89. The van der Waals surface area contributed by atoms with Gasteiger partial charge in [0.15, 0.2) is 0 Å². The third-order valence-electron chi connectivity index (χ3n) is 12.4. The number of ether oxygens (including phenoxy) is 1. The fraction of sp³-hybridized carbons (Fsp3) is 0.614. The lowest BCUT2D eigenvalue weighted by Gasteiger charge is -2.57. The molecule has 1 aromatic carbocycles. The zero-order valence-electron chi connectivity index (χ0n) is 32.5. The molecule has 1 heterocycles. The highest BCUT2D eigenvalue weighted by atomic mass is 16.5. The van der Waals surface area contributed by atoms with E-state index in [1.54, 1.807) is 0 Å². The van der Waals surface area contributed by atoms with Crippen LogP contribution >= 0.6 is 0 Å². The van der Waals surface area contributed by atoms with E-state index in [-0.39, 0.29) is 50.2 Å². The topological polar surface area (TPSA) is 152 Å². The normalized spacial score (nSPS) is 33.3. The third-order valence-corrected chi connectivity index (χ3v) is 12.4. The summed E-state index contributed by atoms with van der Waals surface area (Å²) in [6.45, 7) is 11.2. The smallest absolute Gasteiger partial charge is 0.145 e. The molecule has 9 heteroatoms. The van der Waals surface area contributed by atoms with Gasteiger partial charge in [-0.1, -0.05) is 66.3 Å². The maximum atomic E-state index is 12.6. The molecule has 0 aromatic heterocycles. The number of carbonyl (C=O) groups excluding carboxylic acids is 1. The summed E-state index contributed by atoms with van der Waals surface area (Å²) in [6, 6.07) is 8.75. The number of aldehydes is 1. The molecule has 7 N–H and O–H groups in total. The van der Waals surface area contributed by atoms with E-state index >= 15 is 0 Å². The third kappa shape index (κ3) is 10.3. The zero-order chi connectivity index (χ0) is 38.6. The van der Waals surface area contributed by atoms with Crippen LogP contribution in [0.2, 0.25) is 0 Å². The van der Waals surface area contributed by atoms with Gasteiger partial charge in [-0.15, -0.1) is 0 Å². The predicted molar refractivity (Wildman–Crippen MR) is 211 cm³/mol. The highest BCUT2D eigenvalue weighted by Crippen LogP contribution is 2.64. The molecule has 0 amide bonds. The quantitative estimate of drug-likeness (QED) is 0.0440. The highest BCUT2D eigenvalue weighted by molar-refractivity contribution is 5.74. The van der Waals surface area contributed by atoms with E-state index in [1.165, 1.54) is 11.1 Å². The second-order valence-electron chi connectivity index (χ2n) is 15.8. The molecular weight excluding hydrogens is 668 g/mol. The minimum atomic E-state index is -1.18. The lowest BCUT2D eigenvalue weighted by atomic mass is 9.51. The average Bonchev–Trinajstić information content (AvgIpc) is 3.48. The van der Waals surface area contributed by atoms with Crippen LogP contribution in [0.25, 0.3) is 0 Å². The molecule has 3 aliphatic rings. The Bertz CT molecular complexity index is 1500. The van der Waals surface area contributed by atoms with E-state index < -0.39 is 23.3 Å². The van der Waals surface area contributed by atoms with Crippen molar-refractivity contribution in [2.24, 2.45) is 23.2 Å². The largest absolute Gasteiger partial charge is 0.396 e. The molecule has 2 saturated carbocycles. The Morgan fingerprint density at radius 3 is 2.60 bits per heavy atom. The first-order chi connectivity index (χ1) is 25.4. The van der Waals surface area contributed by atoms with Crippen LogP contribution < -0.4 is 10.6 Å². The number of allylic oxidation sites excluding steroid dienone is 7. The maximum Gasteiger partial charge on any atom is 0.145 e. The van der Waals surface area contributed by atoms with Crippen LogP contribution in [-0.2, 0) is 22.4 Å². The molecule has 2 aliphatic carbocycles. The van der Waals surface area contributed by atoms with Crippen LogP contribution in [0, 0.1) is 23.2 Å². The number of fused-ring (bicyclic) bond motifs is 2. The lowest BCUT2D eigenvalue weighted by molar-refractivity contribution is -0.180. The summed E-state index contributed by atoms with van der Waals surface area (Å²) in [6.07, 6.45) is 13.3. The van der Waals surface area contributed by atoms with E-state index in [1.807, 2.05) is 39.1 Å². The van der Waals surface area contributed by atoms with Gasteiger partial charge in [-0.3, -0.25) is 10.1 Å². The van der Waals surface area contributed by atoms with Gasteiger partial charge in [0.1, 0.15) is 12.5 Å². The number of benzene rings is 1. The van der Waals surface area contributed by atoms with Crippen molar-refractivity contribution in [1.82, 2.24) is 10.6 Å². The lowest BCUT2D eigenvalue weighted by Crippen LogP contribution is -2.61. The molecule has 2 bridgehead atoms. The van der Waals surface area contributed by atoms with Crippen LogP contribution in [0.15, 0.2) is 83.0 Å². The van der Waals surface area contributed by atoms with Gasteiger partial charge in [-0.25, -0.2) is 0 Å². The summed E-state index contributed by atoms with van der Waals surface area (Å²) >= 11 is 0. The van der Waals surface area contributed by atoms with Gasteiger partial charge in [0, 0.05) is 24.0 Å². The van der Waals surface area contributed by atoms with Gasteiger partial charge >= 0.3 is 0 Å². The second kappa shape index (κ2) is 20.3. The minimum absolute atomic E-state index is 0.0121. The van der Waals surface area contributed by atoms with Crippen LogP contribution in [0.5, 0.6) is 0 Å². The summed E-state index contributed by atoms with van der Waals surface area (Å²) in [7, 11) is 1.86. The maximum absolute atomic E-state index is 12.6. The Hall–Kier alpha value is -2.73. The summed E-state index contributed by atoms with van der Waals surface area (Å²) in [5, 5.41) is 61.9. The number of hydrogen-bond donors (Lipinski definition) is 7. The Morgan fingerprint density at radius 1 is 1.15 bits per heavy atom.